The second-order valence-corrected chi connectivity index (χ2v) is 5.26. The minimum atomic E-state index is -0.502. The van der Waals surface area contributed by atoms with Crippen LogP contribution >= 0.6 is 11.6 Å². The zero-order valence-corrected chi connectivity index (χ0v) is 11.6. The van der Waals surface area contributed by atoms with Crippen molar-refractivity contribution < 1.29 is 9.53 Å². The number of H-pyrrole nitrogens is 1. The monoisotopic (exact) mass is 291 g/mol. The Morgan fingerprint density at radius 3 is 3.20 bits per heavy atom. The van der Waals surface area contributed by atoms with Crippen LogP contribution in [-0.2, 0) is 11.2 Å². The molecule has 2 atom stereocenters. The molecule has 2 unspecified atom stereocenters. The summed E-state index contributed by atoms with van der Waals surface area (Å²) in [7, 11) is 0. The number of amides is 1. The van der Waals surface area contributed by atoms with Crippen LogP contribution in [0.1, 0.15) is 24.1 Å². The van der Waals surface area contributed by atoms with Crippen molar-refractivity contribution in [3.63, 3.8) is 0 Å². The lowest BCUT2D eigenvalue weighted by molar-refractivity contribution is -0.127. The topological polar surface area (TPSA) is 67.0 Å². The maximum atomic E-state index is 12.2. The Labute approximate surface area is 121 Å². The molecule has 0 fully saturated rings. The molecule has 0 radical (unpaired) electrons. The fourth-order valence-corrected chi connectivity index (χ4v) is 2.45. The number of fused-ring (bicyclic) bond motifs is 1. The Balaban J connectivity index is 1.65. The highest BCUT2D eigenvalue weighted by Crippen LogP contribution is 2.31. The second kappa shape index (κ2) is 5.17. The third-order valence-corrected chi connectivity index (χ3v) is 3.60. The van der Waals surface area contributed by atoms with Crippen molar-refractivity contribution >= 4 is 17.5 Å². The molecular formula is C14H14ClN3O2. The van der Waals surface area contributed by atoms with Gasteiger partial charge >= 0.3 is 0 Å². The molecule has 2 N–H and O–H groups in total. The number of carbonyl (C=O) groups excluding carboxylic acids is 1. The lowest BCUT2D eigenvalue weighted by Crippen LogP contribution is -2.38. The lowest BCUT2D eigenvalue weighted by Gasteiger charge is -2.15. The first-order chi connectivity index (χ1) is 9.63. The molecule has 104 valence electrons. The number of nitrogens with one attached hydrogen (secondary N) is 2. The number of carbonyl (C=O) groups is 1. The first-order valence-corrected chi connectivity index (χ1v) is 6.75. The molecule has 1 aromatic heterocycles. The Bertz CT molecular complexity index is 627. The molecule has 1 aromatic carbocycles. The average molecular weight is 292 g/mol. The fourth-order valence-electron chi connectivity index (χ4n) is 2.25. The van der Waals surface area contributed by atoms with Gasteiger partial charge in [-0.15, -0.1) is 0 Å². The van der Waals surface area contributed by atoms with Gasteiger partial charge in [0.25, 0.3) is 5.91 Å². The number of aromatic nitrogens is 2. The summed E-state index contributed by atoms with van der Waals surface area (Å²) in [6.07, 6.45) is 3.49. The van der Waals surface area contributed by atoms with Gasteiger partial charge in [-0.05, 0) is 30.7 Å². The van der Waals surface area contributed by atoms with Gasteiger partial charge in [-0.2, -0.15) is 5.10 Å². The molecule has 0 saturated heterocycles. The molecule has 0 spiro atoms. The highest BCUT2D eigenvalue weighted by molar-refractivity contribution is 6.30. The molecule has 1 amide bonds. The van der Waals surface area contributed by atoms with E-state index in [9.17, 15) is 4.79 Å². The quantitative estimate of drug-likeness (QED) is 0.911. The van der Waals surface area contributed by atoms with Crippen LogP contribution in [0.25, 0.3) is 0 Å². The Kier molecular flexibility index (Phi) is 3.36. The van der Waals surface area contributed by atoms with Crippen LogP contribution in [0, 0.1) is 0 Å². The molecule has 1 aliphatic rings. The van der Waals surface area contributed by atoms with Crippen molar-refractivity contribution in [3.05, 3.63) is 46.7 Å². The van der Waals surface area contributed by atoms with Gasteiger partial charge in [-0.25, -0.2) is 0 Å². The van der Waals surface area contributed by atoms with Crippen LogP contribution < -0.4 is 10.1 Å². The third kappa shape index (κ3) is 2.49. The van der Waals surface area contributed by atoms with E-state index >= 15 is 0 Å². The summed E-state index contributed by atoms with van der Waals surface area (Å²) in [5, 5.41) is 10.2. The van der Waals surface area contributed by atoms with E-state index in [2.05, 4.69) is 15.5 Å². The molecule has 3 rings (SSSR count). The van der Waals surface area contributed by atoms with Gasteiger partial charge in [0.2, 0.25) is 0 Å². The number of nitrogens with zero attached hydrogens (tertiary/aromatic N) is 1. The predicted molar refractivity (Wildman–Crippen MR) is 74.7 cm³/mol. The summed E-state index contributed by atoms with van der Waals surface area (Å²) < 4.78 is 5.65. The molecule has 6 heteroatoms. The van der Waals surface area contributed by atoms with E-state index in [1.165, 1.54) is 0 Å². The maximum Gasteiger partial charge on any atom is 0.261 e. The lowest BCUT2D eigenvalue weighted by atomic mass is 10.1. The average Bonchev–Trinajstić information content (AvgIpc) is 3.07. The van der Waals surface area contributed by atoms with Gasteiger partial charge in [-0.1, -0.05) is 11.6 Å². The van der Waals surface area contributed by atoms with Gasteiger partial charge in [0.15, 0.2) is 6.10 Å². The van der Waals surface area contributed by atoms with Crippen LogP contribution in [0.3, 0.4) is 0 Å². The number of ether oxygens (including phenoxy) is 1. The van der Waals surface area contributed by atoms with Gasteiger partial charge in [-0.3, -0.25) is 9.89 Å². The zero-order valence-electron chi connectivity index (χ0n) is 10.9. The van der Waals surface area contributed by atoms with Crippen LogP contribution in [-0.4, -0.2) is 22.2 Å². The Morgan fingerprint density at radius 1 is 1.60 bits per heavy atom. The highest BCUT2D eigenvalue weighted by atomic mass is 35.5. The molecule has 0 saturated carbocycles. The molecule has 1 aliphatic heterocycles. The summed E-state index contributed by atoms with van der Waals surface area (Å²) in [5.41, 5.74) is 1.89. The van der Waals surface area contributed by atoms with Crippen molar-refractivity contribution in [1.29, 1.82) is 0 Å². The first kappa shape index (κ1) is 13.0. The van der Waals surface area contributed by atoms with Gasteiger partial charge < -0.3 is 10.1 Å². The number of halogens is 1. The maximum absolute atomic E-state index is 12.2. The van der Waals surface area contributed by atoms with Gasteiger partial charge in [0.1, 0.15) is 5.75 Å². The summed E-state index contributed by atoms with van der Waals surface area (Å²) in [4.78, 5) is 12.2. The van der Waals surface area contributed by atoms with Crippen LogP contribution in [0.5, 0.6) is 5.75 Å². The highest BCUT2D eigenvalue weighted by Gasteiger charge is 2.30. The standard InChI is InChI=1S/C14H14ClN3O2/c1-8(10-6-16-17-7-10)18-14(19)13-5-9-4-11(15)2-3-12(9)20-13/h2-4,6-8,13H,5H2,1H3,(H,16,17)(H,18,19). The SMILES string of the molecule is CC(NC(=O)C1Cc2cc(Cl)ccc2O1)c1cn[nH]c1. The molecule has 5 nitrogen and oxygen atoms in total. The molecule has 0 bridgehead atoms. The minimum absolute atomic E-state index is 0.114. The number of hydrogen-bond acceptors (Lipinski definition) is 3. The molecular weight excluding hydrogens is 278 g/mol. The summed E-state index contributed by atoms with van der Waals surface area (Å²) in [6, 6.07) is 5.28. The first-order valence-electron chi connectivity index (χ1n) is 6.37. The molecule has 2 aromatic rings. The van der Waals surface area contributed by atoms with Crippen LogP contribution in [0.4, 0.5) is 0 Å². The van der Waals surface area contributed by atoms with Crippen molar-refractivity contribution in [2.75, 3.05) is 0 Å². The number of hydrogen-bond donors (Lipinski definition) is 2. The van der Waals surface area contributed by atoms with Crippen molar-refractivity contribution in [2.24, 2.45) is 0 Å². The zero-order chi connectivity index (χ0) is 14.1. The normalized spacial score (nSPS) is 18.2. The Hall–Kier alpha value is -2.01. The molecule has 2 heterocycles. The molecule has 20 heavy (non-hydrogen) atoms. The van der Waals surface area contributed by atoms with Crippen LogP contribution in [0.2, 0.25) is 5.02 Å². The van der Waals surface area contributed by atoms with Crippen molar-refractivity contribution in [2.45, 2.75) is 25.5 Å². The minimum Gasteiger partial charge on any atom is -0.480 e. The summed E-state index contributed by atoms with van der Waals surface area (Å²) in [5.74, 6) is 0.594. The van der Waals surface area contributed by atoms with E-state index in [1.807, 2.05) is 13.0 Å². The van der Waals surface area contributed by atoms with E-state index in [1.54, 1.807) is 24.5 Å². The predicted octanol–water partition coefficient (Wildman–Crippen LogP) is 2.24. The van der Waals surface area contributed by atoms with Gasteiger partial charge in [0, 0.05) is 23.2 Å². The number of benzene rings is 1. The summed E-state index contributed by atoms with van der Waals surface area (Å²) in [6.45, 7) is 1.90. The Morgan fingerprint density at radius 2 is 2.45 bits per heavy atom. The number of aromatic amines is 1. The van der Waals surface area contributed by atoms with E-state index in [0.717, 1.165) is 16.9 Å². The van der Waals surface area contributed by atoms with E-state index < -0.39 is 6.10 Å². The second-order valence-electron chi connectivity index (χ2n) is 4.82. The van der Waals surface area contributed by atoms with Gasteiger partial charge in [0.05, 0.1) is 12.2 Å². The largest absolute Gasteiger partial charge is 0.480 e. The van der Waals surface area contributed by atoms with E-state index in [-0.39, 0.29) is 11.9 Å². The van der Waals surface area contributed by atoms with Crippen LogP contribution in [0.15, 0.2) is 30.6 Å². The summed E-state index contributed by atoms with van der Waals surface area (Å²) >= 11 is 5.94. The fraction of sp³-hybridized carbons (Fsp3) is 0.286. The van der Waals surface area contributed by atoms with Crippen molar-refractivity contribution in [1.82, 2.24) is 15.5 Å². The van der Waals surface area contributed by atoms with Crippen molar-refractivity contribution in [3.8, 4) is 5.75 Å². The number of rotatable bonds is 3. The third-order valence-electron chi connectivity index (χ3n) is 3.37. The molecule has 0 aliphatic carbocycles. The van der Waals surface area contributed by atoms with E-state index in [4.69, 9.17) is 16.3 Å². The van der Waals surface area contributed by atoms with E-state index in [0.29, 0.717) is 11.4 Å². The smallest absolute Gasteiger partial charge is 0.261 e.